The number of nitrogens with zero attached hydrogens (tertiary/aromatic N) is 8. The molecule has 8 rings (SSSR count). The van der Waals surface area contributed by atoms with Crippen LogP contribution in [-0.2, 0) is 34.4 Å². The summed E-state index contributed by atoms with van der Waals surface area (Å²) in [7, 11) is -6.81. The van der Waals surface area contributed by atoms with Crippen molar-refractivity contribution in [3.8, 4) is 11.5 Å². The molecule has 0 spiro atoms. The van der Waals surface area contributed by atoms with Crippen molar-refractivity contribution in [3.05, 3.63) is 133 Å². The number of amides is 2. The number of unbranched alkanes of at least 4 members (excludes halogenated alkanes) is 36. The zero-order valence-corrected chi connectivity index (χ0v) is 72.3. The third kappa shape index (κ3) is 30.6. The van der Waals surface area contributed by atoms with Crippen molar-refractivity contribution in [2.45, 2.75) is 340 Å². The number of esters is 1. The van der Waals surface area contributed by atoms with Crippen molar-refractivity contribution in [3.63, 3.8) is 0 Å². The Morgan fingerprint density at radius 2 is 0.833 bits per heavy atom. The number of amidine groups is 2. The molecular weight excluding hydrogens is 1470 g/mol. The summed E-state index contributed by atoms with van der Waals surface area (Å²) in [4.78, 5) is 60.1. The van der Waals surface area contributed by atoms with Crippen LogP contribution in [0.2, 0.25) is 0 Å². The van der Waals surface area contributed by atoms with Gasteiger partial charge in [-0.2, -0.15) is 0 Å². The van der Waals surface area contributed by atoms with Gasteiger partial charge in [0.1, 0.15) is 21.3 Å². The van der Waals surface area contributed by atoms with Gasteiger partial charge in [-0.15, -0.1) is 0 Å². The number of sulfonamides is 2. The van der Waals surface area contributed by atoms with Gasteiger partial charge in [-0.3, -0.25) is 18.2 Å². The number of nitrogens with one attached hydrogen (secondary N) is 2. The number of anilines is 2. The highest BCUT2D eigenvalue weighted by atomic mass is 32.2. The minimum Gasteiger partial charge on any atom is -0.491 e. The van der Waals surface area contributed by atoms with Crippen molar-refractivity contribution in [1.29, 1.82) is 0 Å². The predicted molar refractivity (Wildman–Crippen MR) is 465 cm³/mol. The molecular formula is C92H140N10O10S2. The molecule has 2 amide bonds. The predicted octanol–water partition coefficient (Wildman–Crippen LogP) is 23.9. The number of aliphatic imine (C=N–C) groups is 2. The zero-order chi connectivity index (χ0) is 81.6. The van der Waals surface area contributed by atoms with Crippen LogP contribution in [0.5, 0.6) is 11.5 Å². The lowest BCUT2D eigenvalue weighted by Crippen LogP contribution is -2.47. The van der Waals surface area contributed by atoms with Gasteiger partial charge in [0.2, 0.25) is 0 Å². The van der Waals surface area contributed by atoms with Gasteiger partial charge >= 0.3 is 5.97 Å². The van der Waals surface area contributed by atoms with Crippen LogP contribution < -0.4 is 20.1 Å². The van der Waals surface area contributed by atoms with Crippen LogP contribution in [0.15, 0.2) is 136 Å². The van der Waals surface area contributed by atoms with Gasteiger partial charge in [0.15, 0.2) is 29.4 Å². The topological polar surface area (TPSA) is 238 Å². The average Bonchev–Trinajstić information content (AvgIpc) is 1.04. The van der Waals surface area contributed by atoms with Gasteiger partial charge < -0.3 is 34.0 Å². The van der Waals surface area contributed by atoms with Gasteiger partial charge in [0.05, 0.1) is 55.7 Å². The molecule has 0 aliphatic carbocycles. The number of carbonyl (C=O) groups is 3. The molecule has 6 aromatic rings. The Labute approximate surface area is 685 Å². The van der Waals surface area contributed by atoms with Crippen LogP contribution in [0.4, 0.5) is 22.7 Å². The lowest BCUT2D eigenvalue weighted by Gasteiger charge is -2.33. The van der Waals surface area contributed by atoms with E-state index in [-0.39, 0.29) is 45.9 Å². The number of aromatic nitrogens is 4. The maximum Gasteiger partial charge on any atom is 0.358 e. The Balaban J connectivity index is 0.000000317. The van der Waals surface area contributed by atoms with Crippen LogP contribution in [-0.4, -0.2) is 107 Å². The molecule has 3 unspecified atom stereocenters. The second kappa shape index (κ2) is 52.7. The summed E-state index contributed by atoms with van der Waals surface area (Å²) >= 11 is 0. The quantitative estimate of drug-likeness (QED) is 0.0268. The summed E-state index contributed by atoms with van der Waals surface area (Å²) in [5.41, 5.74) is 3.44. The van der Waals surface area contributed by atoms with E-state index in [1.54, 1.807) is 71.8 Å². The van der Waals surface area contributed by atoms with E-state index >= 15 is 0 Å². The monoisotopic (exact) mass is 1610 g/mol. The second-order valence-corrected chi connectivity index (χ2v) is 35.1. The molecule has 630 valence electrons. The average molecular weight is 1610 g/mol. The molecule has 0 bridgehead atoms. The summed E-state index contributed by atoms with van der Waals surface area (Å²) in [6, 6.07) is 22.3. The van der Waals surface area contributed by atoms with Crippen LogP contribution in [0.1, 0.15) is 338 Å². The highest BCUT2D eigenvalue weighted by molar-refractivity contribution is 7.90. The molecule has 4 heterocycles. The van der Waals surface area contributed by atoms with Crippen molar-refractivity contribution in [2.24, 2.45) is 15.9 Å². The van der Waals surface area contributed by atoms with Crippen LogP contribution >= 0.6 is 0 Å². The van der Waals surface area contributed by atoms with Gasteiger partial charge in [-0.05, 0) is 105 Å². The Bertz CT molecular complexity index is 4070. The molecule has 0 saturated heterocycles. The van der Waals surface area contributed by atoms with Crippen molar-refractivity contribution in [2.75, 3.05) is 44.0 Å². The minimum absolute atomic E-state index is 0.0217. The third-order valence-electron chi connectivity index (χ3n) is 21.9. The van der Waals surface area contributed by atoms with Gasteiger partial charge in [-0.1, -0.05) is 315 Å². The van der Waals surface area contributed by atoms with Crippen molar-refractivity contribution in [1.82, 2.24) is 27.7 Å². The number of methoxy groups -OCH3 is 1. The number of hydrogen-bond acceptors (Lipinski definition) is 14. The van der Waals surface area contributed by atoms with Crippen LogP contribution in [0, 0.1) is 19.8 Å². The highest BCUT2D eigenvalue weighted by Crippen LogP contribution is 2.39. The number of rotatable bonds is 58. The first-order chi connectivity index (χ1) is 55.5. The summed E-state index contributed by atoms with van der Waals surface area (Å²) < 4.78 is 80.5. The number of benzene rings is 4. The number of aryl methyl sites for hydroxylation is 2. The molecule has 114 heavy (non-hydrogen) atoms. The molecule has 2 aromatic heterocycles. The maximum atomic E-state index is 14.7. The molecule has 20 nitrogen and oxygen atoms in total. The molecule has 0 fully saturated rings. The standard InChI is InChI=1S/C47H71N5O6S.C45H69N5O4S/c1-6-9-11-12-13-14-15-16-17-18-19-20-21-22-23-26-32-52-45(49-39-28-24-25-29-43(39)59(52,55)56)44(51-34-41(48-36-51)47(54)57-5)46(53)50-40-33-37(4)30-31-42(40)58-35-38(8-3)27-10-7-2;1-4-6-8-10-12-13-14-15-16-17-18-19-20-21-22-26-33-50-44(47-39-28-24-25-29-42(39)55(50,52)53)43(49-34-32-46-37-49)45(51)48-40-36-38(3)30-31-41(40)54-35-27-23-11-9-7-5-2/h24-25,28-31,33-34,36,38,44H,6-23,26-27,32,35H2,1-5H3,(H,50,53);24-25,28-32,34,36-37,43H,4-23,26-27,33,35H2,1-3H3,(H,48,51). The summed E-state index contributed by atoms with van der Waals surface area (Å²) in [5, 5.41) is 6.14. The molecule has 4 aromatic carbocycles. The fourth-order valence-electron chi connectivity index (χ4n) is 15.0. The second-order valence-electron chi connectivity index (χ2n) is 31.5. The molecule has 2 N–H and O–H groups in total. The molecule has 3 atom stereocenters. The lowest BCUT2D eigenvalue weighted by atomic mass is 10.0. The highest BCUT2D eigenvalue weighted by Gasteiger charge is 2.43. The summed E-state index contributed by atoms with van der Waals surface area (Å²) in [5.74, 6) is 0.0113. The Morgan fingerprint density at radius 3 is 1.23 bits per heavy atom. The largest absolute Gasteiger partial charge is 0.491 e. The van der Waals surface area contributed by atoms with Crippen LogP contribution in [0.3, 0.4) is 0 Å². The van der Waals surface area contributed by atoms with Gasteiger partial charge in [0.25, 0.3) is 31.9 Å². The van der Waals surface area contributed by atoms with E-state index in [0.29, 0.717) is 60.5 Å². The number of imidazole rings is 2. The minimum atomic E-state index is -4.10. The Morgan fingerprint density at radius 1 is 0.447 bits per heavy atom. The number of para-hydroxylation sites is 2. The maximum absolute atomic E-state index is 14.7. The van der Waals surface area contributed by atoms with E-state index in [1.165, 1.54) is 213 Å². The summed E-state index contributed by atoms with van der Waals surface area (Å²) in [6.07, 6.45) is 57.9. The van der Waals surface area contributed by atoms with E-state index in [2.05, 4.69) is 55.2 Å². The van der Waals surface area contributed by atoms with Gasteiger partial charge in [-0.25, -0.2) is 41.6 Å². The fourth-order valence-corrected chi connectivity index (χ4v) is 18.3. The SMILES string of the molecule is CCCCCCCCCCCCCCCCCCN1C(C(C(=O)Nc2cc(C)ccc2OCC(CC)CCCC)n2cnc(C(=O)OC)c2)=Nc2ccccc2S1(=O)=O.CCCCCCCCCCCCCCCCCCN1C(C(C(=O)Nc2cc(C)ccc2OCCCCCCCC)n2ccnc2)=Nc2ccccc2S1(=O)=O. The van der Waals surface area contributed by atoms with E-state index in [1.807, 2.05) is 50.2 Å². The number of fused-ring (bicyclic) bond motifs is 2. The van der Waals surface area contributed by atoms with Crippen molar-refractivity contribution < 1.29 is 45.4 Å². The fraction of sp³-hybridized carbons (Fsp3) is 0.620. The first-order valence-corrected chi connectivity index (χ1v) is 47.0. The Hall–Kier alpha value is -7.85. The molecule has 0 saturated carbocycles. The number of ether oxygens (including phenoxy) is 3. The number of carbonyl (C=O) groups excluding carboxylic acids is 3. The molecule has 22 heteroatoms. The number of hydrogen-bond donors (Lipinski definition) is 2. The normalized spacial score (nSPS) is 14.2. The third-order valence-corrected chi connectivity index (χ3v) is 25.6. The smallest absolute Gasteiger partial charge is 0.358 e. The molecule has 0 radical (unpaired) electrons. The first-order valence-electron chi connectivity index (χ1n) is 44.1. The molecule has 2 aliphatic rings. The van der Waals surface area contributed by atoms with E-state index < -0.39 is 49.9 Å². The van der Waals surface area contributed by atoms with Crippen LogP contribution in [0.25, 0.3) is 0 Å². The first kappa shape index (κ1) is 93.3. The van der Waals surface area contributed by atoms with E-state index in [4.69, 9.17) is 24.2 Å². The summed E-state index contributed by atoms with van der Waals surface area (Å²) in [6.45, 7) is 16.4. The van der Waals surface area contributed by atoms with Crippen molar-refractivity contribution >= 4 is 72.3 Å². The van der Waals surface area contributed by atoms with Gasteiger partial charge in [0, 0.05) is 31.7 Å². The molecule has 2 aliphatic heterocycles. The zero-order valence-electron chi connectivity index (χ0n) is 70.7. The van der Waals surface area contributed by atoms with E-state index in [0.717, 1.165) is 88.2 Å². The lowest BCUT2D eigenvalue weighted by molar-refractivity contribution is -0.118. The van der Waals surface area contributed by atoms with E-state index in [9.17, 15) is 31.2 Å². The Kier molecular flexibility index (Phi) is 43.1.